The number of hydrogen-bond acceptors (Lipinski definition) is 4. The number of methoxy groups -OCH3 is 1. The van der Waals surface area contributed by atoms with Crippen molar-refractivity contribution in [1.29, 1.82) is 0 Å². The molecule has 1 aromatic heterocycles. The number of aromatic nitrogens is 2. The number of nitrogens with zero attached hydrogens (tertiary/aromatic N) is 2. The highest BCUT2D eigenvalue weighted by molar-refractivity contribution is 5.97. The lowest BCUT2D eigenvalue weighted by Gasteiger charge is -2.24. The average molecular weight is 427 g/mol. The molecule has 0 bridgehead atoms. The Morgan fingerprint density at radius 2 is 1.90 bits per heavy atom. The fraction of sp³-hybridized carbons (Fsp3) is 0.615. The van der Waals surface area contributed by atoms with Gasteiger partial charge in [0.25, 0.3) is 0 Å². The van der Waals surface area contributed by atoms with E-state index in [-0.39, 0.29) is 23.2 Å². The van der Waals surface area contributed by atoms with Crippen molar-refractivity contribution < 1.29 is 14.3 Å². The molecule has 0 radical (unpaired) electrons. The number of fused-ring (bicyclic) bond motifs is 3. The van der Waals surface area contributed by atoms with Gasteiger partial charge in [0.15, 0.2) is 17.3 Å². The van der Waals surface area contributed by atoms with Crippen LogP contribution < -0.4 is 9.47 Å². The second-order valence-corrected chi connectivity index (χ2v) is 10.2. The van der Waals surface area contributed by atoms with E-state index in [1.54, 1.807) is 7.11 Å². The van der Waals surface area contributed by atoms with E-state index >= 15 is 0 Å². The van der Waals surface area contributed by atoms with E-state index in [1.807, 2.05) is 26.8 Å². The summed E-state index contributed by atoms with van der Waals surface area (Å²) < 4.78 is 13.7. The Balaban J connectivity index is 2.01. The molecule has 0 spiro atoms. The summed E-state index contributed by atoms with van der Waals surface area (Å²) in [6.45, 7) is 14.8. The zero-order valence-corrected chi connectivity index (χ0v) is 20.5. The molecule has 0 fully saturated rings. The molecule has 5 heteroatoms. The smallest absolute Gasteiger partial charge is 0.186 e. The van der Waals surface area contributed by atoms with Gasteiger partial charge in [0.2, 0.25) is 0 Å². The summed E-state index contributed by atoms with van der Waals surface area (Å²) in [5.74, 6) is 2.54. The van der Waals surface area contributed by atoms with Crippen molar-refractivity contribution >= 4 is 5.78 Å². The number of carbonyl (C=O) groups excluding carboxylic acids is 1. The third kappa shape index (κ3) is 4.97. The monoisotopic (exact) mass is 426 g/mol. The van der Waals surface area contributed by atoms with Gasteiger partial charge in [0.05, 0.1) is 24.6 Å². The summed E-state index contributed by atoms with van der Waals surface area (Å²) in [6.07, 6.45) is 4.50. The van der Waals surface area contributed by atoms with Gasteiger partial charge in [-0.25, -0.2) is 4.98 Å². The van der Waals surface area contributed by atoms with Gasteiger partial charge in [-0.1, -0.05) is 27.7 Å². The minimum atomic E-state index is 0.0234. The molecule has 1 aliphatic heterocycles. The number of ketones is 1. The van der Waals surface area contributed by atoms with Gasteiger partial charge >= 0.3 is 0 Å². The second-order valence-electron chi connectivity index (χ2n) is 10.2. The molecular weight excluding hydrogens is 388 g/mol. The van der Waals surface area contributed by atoms with Crippen molar-refractivity contribution in [3.63, 3.8) is 0 Å². The zero-order chi connectivity index (χ0) is 22.9. The summed E-state index contributed by atoms with van der Waals surface area (Å²) in [5.41, 5.74) is 4.15. The molecule has 0 saturated heterocycles. The van der Waals surface area contributed by atoms with Crippen LogP contribution in [0.25, 0.3) is 5.69 Å². The highest BCUT2D eigenvalue weighted by atomic mass is 16.5. The first kappa shape index (κ1) is 23.4. The molecule has 0 saturated carbocycles. The number of ether oxygens (including phenoxy) is 2. The molecular formula is C26H38N2O3. The van der Waals surface area contributed by atoms with Crippen LogP contribution in [0.5, 0.6) is 11.5 Å². The topological polar surface area (TPSA) is 53.4 Å². The number of rotatable bonds is 8. The van der Waals surface area contributed by atoms with Crippen LogP contribution in [0.1, 0.15) is 88.4 Å². The first-order chi connectivity index (χ1) is 14.6. The van der Waals surface area contributed by atoms with Crippen molar-refractivity contribution in [2.24, 2.45) is 11.3 Å². The Kier molecular flexibility index (Phi) is 6.82. The largest absolute Gasteiger partial charge is 0.493 e. The lowest BCUT2D eigenvalue weighted by atomic mass is 9.83. The fourth-order valence-electron chi connectivity index (χ4n) is 4.40. The van der Waals surface area contributed by atoms with E-state index in [1.165, 1.54) is 5.56 Å². The Hall–Kier alpha value is -2.30. The van der Waals surface area contributed by atoms with E-state index in [4.69, 9.17) is 14.5 Å². The first-order valence-electron chi connectivity index (χ1n) is 11.6. The Bertz CT molecular complexity index is 951. The molecule has 170 valence electrons. The summed E-state index contributed by atoms with van der Waals surface area (Å²) in [7, 11) is 1.67. The average Bonchev–Trinajstić information content (AvgIpc) is 3.03. The lowest BCUT2D eigenvalue weighted by Crippen LogP contribution is -2.21. The number of carbonyl (C=O) groups is 1. The standard InChI is InChI=1S/C26H38N2O3/c1-9-18(12-13-26(5,6)7)25(29)24-20-11-10-19-14-22(30-8)23(31-16(2)3)15-21(19)28(20)17(4)27-24/h14-16,18H,9-13H2,1-8H3. The highest BCUT2D eigenvalue weighted by Gasteiger charge is 2.30. The minimum Gasteiger partial charge on any atom is -0.493 e. The van der Waals surface area contributed by atoms with Crippen LogP contribution in [0.15, 0.2) is 12.1 Å². The number of hydrogen-bond donors (Lipinski definition) is 0. The summed E-state index contributed by atoms with van der Waals surface area (Å²) >= 11 is 0. The highest BCUT2D eigenvalue weighted by Crippen LogP contribution is 2.38. The maximum atomic E-state index is 13.5. The van der Waals surface area contributed by atoms with Crippen LogP contribution >= 0.6 is 0 Å². The lowest BCUT2D eigenvalue weighted by molar-refractivity contribution is 0.0894. The van der Waals surface area contributed by atoms with Crippen LogP contribution in [0, 0.1) is 18.3 Å². The van der Waals surface area contributed by atoms with Gasteiger partial charge in [0.1, 0.15) is 11.5 Å². The van der Waals surface area contributed by atoms with Crippen molar-refractivity contribution in [3.8, 4) is 17.2 Å². The first-order valence-corrected chi connectivity index (χ1v) is 11.6. The molecule has 0 aliphatic carbocycles. The van der Waals surface area contributed by atoms with E-state index in [0.717, 1.165) is 60.8 Å². The van der Waals surface area contributed by atoms with Crippen LogP contribution in [-0.4, -0.2) is 28.5 Å². The van der Waals surface area contributed by atoms with E-state index in [2.05, 4.69) is 38.3 Å². The quantitative estimate of drug-likeness (QED) is 0.478. The van der Waals surface area contributed by atoms with E-state index in [0.29, 0.717) is 5.69 Å². The molecule has 31 heavy (non-hydrogen) atoms. The third-order valence-corrected chi connectivity index (χ3v) is 6.08. The van der Waals surface area contributed by atoms with Crippen molar-refractivity contribution in [2.45, 2.75) is 86.7 Å². The Labute approximate surface area is 187 Å². The fourth-order valence-corrected chi connectivity index (χ4v) is 4.40. The van der Waals surface area contributed by atoms with E-state index < -0.39 is 0 Å². The van der Waals surface area contributed by atoms with Gasteiger partial charge in [-0.3, -0.25) is 9.36 Å². The predicted octanol–water partition coefficient (Wildman–Crippen LogP) is 6.11. The van der Waals surface area contributed by atoms with Crippen molar-refractivity contribution in [2.75, 3.05) is 7.11 Å². The summed E-state index contributed by atoms with van der Waals surface area (Å²) in [4.78, 5) is 18.3. The van der Waals surface area contributed by atoms with Crippen LogP contribution in [0.3, 0.4) is 0 Å². The molecule has 1 aliphatic rings. The van der Waals surface area contributed by atoms with Crippen LogP contribution in [0.2, 0.25) is 0 Å². The zero-order valence-electron chi connectivity index (χ0n) is 20.5. The van der Waals surface area contributed by atoms with Crippen LogP contribution in [-0.2, 0) is 12.8 Å². The SMILES string of the molecule is CCC(CCC(C)(C)C)C(=O)c1nc(C)n2c1CCc1cc(OC)c(OC(C)C)cc1-2. The van der Waals surface area contributed by atoms with Gasteiger partial charge in [-0.05, 0) is 69.9 Å². The van der Waals surface area contributed by atoms with E-state index in [9.17, 15) is 4.79 Å². The van der Waals surface area contributed by atoms with Gasteiger partial charge in [-0.2, -0.15) is 0 Å². The molecule has 1 atom stereocenters. The number of imidazole rings is 1. The minimum absolute atomic E-state index is 0.0234. The molecule has 1 unspecified atom stereocenters. The van der Waals surface area contributed by atoms with Crippen LogP contribution in [0.4, 0.5) is 0 Å². The number of benzene rings is 1. The normalized spacial score (nSPS) is 14.2. The summed E-state index contributed by atoms with van der Waals surface area (Å²) in [5, 5.41) is 0. The number of Topliss-reactive ketones (excluding diaryl/α,β-unsaturated/α-hetero) is 1. The molecule has 3 rings (SSSR count). The van der Waals surface area contributed by atoms with Gasteiger partial charge in [-0.15, -0.1) is 0 Å². The maximum absolute atomic E-state index is 13.5. The molecule has 0 amide bonds. The molecule has 2 aromatic rings. The predicted molar refractivity (Wildman–Crippen MR) is 125 cm³/mol. The molecule has 5 nitrogen and oxygen atoms in total. The second kappa shape index (κ2) is 9.05. The molecule has 2 heterocycles. The van der Waals surface area contributed by atoms with Crippen molar-refractivity contribution in [1.82, 2.24) is 9.55 Å². The maximum Gasteiger partial charge on any atom is 0.186 e. The van der Waals surface area contributed by atoms with Gasteiger partial charge < -0.3 is 9.47 Å². The molecule has 1 aromatic carbocycles. The Morgan fingerprint density at radius 3 is 2.48 bits per heavy atom. The van der Waals surface area contributed by atoms with Crippen molar-refractivity contribution in [3.05, 3.63) is 34.9 Å². The Morgan fingerprint density at radius 1 is 1.19 bits per heavy atom. The third-order valence-electron chi connectivity index (χ3n) is 6.08. The van der Waals surface area contributed by atoms with Gasteiger partial charge in [0, 0.05) is 12.0 Å². The number of aryl methyl sites for hydroxylation is 2. The summed E-state index contributed by atoms with van der Waals surface area (Å²) in [6, 6.07) is 4.10. The molecule has 0 N–H and O–H groups in total.